The predicted octanol–water partition coefficient (Wildman–Crippen LogP) is 9.05. The zero-order valence-electron chi connectivity index (χ0n) is 40.3. The van der Waals surface area contributed by atoms with Gasteiger partial charge in [0.25, 0.3) is 21.6 Å². The number of nitrogens with one attached hydrogen (secondary N) is 4. The molecule has 3 aromatic heterocycles. The van der Waals surface area contributed by atoms with Crippen LogP contribution in [0.4, 0.5) is 25.8 Å². The van der Waals surface area contributed by atoms with Gasteiger partial charge in [-0.15, -0.1) is 0 Å². The van der Waals surface area contributed by atoms with Crippen LogP contribution in [0.15, 0.2) is 78.2 Å². The number of H-pyrrole nitrogens is 2. The third-order valence-corrected chi connectivity index (χ3v) is 17.6. The number of imidazole rings is 1. The normalized spacial score (nSPS) is 20.8. The van der Waals surface area contributed by atoms with E-state index in [0.29, 0.717) is 43.9 Å². The molecule has 72 heavy (non-hydrogen) atoms. The molecule has 1 atom stereocenters. The standard InChI is InChI=1S/C52H58F2N10O7S/c1-31(2)37-6-3-4-7-38(37)42-8-5-15-63(42)34-25-51(26-34)11-16-61(17-12-51)32-9-10-39(44(22-32)71-36-23-40-41(53)28-56-49(40)55-27-36)50(66)60-72(69,70)45-24-43(64(67)68)46(48-47(45)58-30-59-48)57-29-52(54)13-18-62(19-14-52)33-20-35(65)21-33/h3-4,6-7,9-10,22-24,27-28,30-31,33-34,42,57H,5,8,11-21,25-26,29H2,1-2H3,(H,55,56)(H,58,59)(H,60,66)/t42-/m0/s1. The molecule has 3 saturated heterocycles. The van der Waals surface area contributed by atoms with Gasteiger partial charge in [0.2, 0.25) is 0 Å². The number of carbonyl (C=O) groups excluding carboxylic acids is 2. The number of pyridine rings is 1. The van der Waals surface area contributed by atoms with Crippen LogP contribution in [0.2, 0.25) is 0 Å². The van der Waals surface area contributed by atoms with Crippen LogP contribution in [-0.2, 0) is 14.8 Å². The number of sulfonamides is 1. The molecule has 6 heterocycles. The van der Waals surface area contributed by atoms with Crippen LogP contribution < -0.4 is 19.7 Å². The topological polar surface area (TPSA) is 212 Å². The van der Waals surface area contributed by atoms with E-state index in [4.69, 9.17) is 4.74 Å². The van der Waals surface area contributed by atoms with E-state index in [1.54, 1.807) is 12.1 Å². The third kappa shape index (κ3) is 8.94. The number of anilines is 2. The van der Waals surface area contributed by atoms with Gasteiger partial charge in [0.1, 0.15) is 50.5 Å². The summed E-state index contributed by atoms with van der Waals surface area (Å²) in [6.07, 6.45) is 11.5. The second kappa shape index (κ2) is 18.5. The van der Waals surface area contributed by atoms with E-state index in [1.807, 2.05) is 0 Å². The van der Waals surface area contributed by atoms with Gasteiger partial charge in [-0.05, 0) is 98.6 Å². The van der Waals surface area contributed by atoms with E-state index < -0.39 is 42.9 Å². The Morgan fingerprint density at radius 3 is 2.49 bits per heavy atom. The van der Waals surface area contributed by atoms with Gasteiger partial charge < -0.3 is 24.9 Å². The number of aromatic nitrogens is 4. The number of ether oxygens (including phenoxy) is 1. The van der Waals surface area contributed by atoms with E-state index in [1.165, 1.54) is 48.5 Å². The Kier molecular flexibility index (Phi) is 12.3. The Balaban J connectivity index is 0.813. The highest BCUT2D eigenvalue weighted by Crippen LogP contribution is 2.54. The fraction of sp³-hybridized carbons (Fsp3) is 0.462. The number of piperidine rings is 2. The number of rotatable bonds is 14. The maximum absolute atomic E-state index is 16.2. The van der Waals surface area contributed by atoms with Crippen LogP contribution in [0.5, 0.6) is 11.5 Å². The molecule has 378 valence electrons. The van der Waals surface area contributed by atoms with Crippen molar-refractivity contribution < 1.29 is 36.4 Å². The number of carbonyl (C=O) groups is 2. The van der Waals surface area contributed by atoms with E-state index in [2.05, 4.69) is 82.8 Å². The second-order valence-corrected chi connectivity index (χ2v) is 22.6. The Bertz CT molecular complexity index is 3200. The lowest BCUT2D eigenvalue weighted by Crippen LogP contribution is -2.54. The molecule has 20 heteroatoms. The van der Waals surface area contributed by atoms with Crippen molar-refractivity contribution in [3.05, 3.63) is 106 Å². The summed E-state index contributed by atoms with van der Waals surface area (Å²) in [6.45, 7) is 7.71. The molecule has 5 fully saturated rings. The first-order chi connectivity index (χ1) is 34.6. The minimum absolute atomic E-state index is 0.0225. The summed E-state index contributed by atoms with van der Waals surface area (Å²) in [5, 5.41) is 15.6. The monoisotopic (exact) mass is 1000 g/mol. The van der Waals surface area contributed by atoms with Gasteiger partial charge in [0.05, 0.1) is 33.9 Å². The molecule has 4 N–H and O–H groups in total. The number of Topliss-reactive ketones (excluding diaryl/α,β-unsaturated/α-hetero) is 1. The lowest BCUT2D eigenvalue weighted by Gasteiger charge is -2.56. The van der Waals surface area contributed by atoms with Crippen molar-refractivity contribution in [1.82, 2.24) is 34.5 Å². The number of halogens is 2. The number of fused-ring (bicyclic) bond motifs is 2. The molecule has 2 saturated carbocycles. The predicted molar refractivity (Wildman–Crippen MR) is 267 cm³/mol. The first-order valence-electron chi connectivity index (χ1n) is 25.0. The van der Waals surface area contributed by atoms with Gasteiger partial charge in [-0.25, -0.2) is 31.9 Å². The molecule has 5 aliphatic rings. The number of nitro benzene ring substituents is 1. The molecule has 17 nitrogen and oxygen atoms in total. The average molecular weight is 1010 g/mol. The van der Waals surface area contributed by atoms with Gasteiger partial charge >= 0.3 is 0 Å². The number of ketones is 1. The van der Waals surface area contributed by atoms with Gasteiger partial charge in [-0.2, -0.15) is 0 Å². The number of hydrogen-bond donors (Lipinski definition) is 4. The summed E-state index contributed by atoms with van der Waals surface area (Å²) in [6, 6.07) is 17.1. The molecule has 1 amide bonds. The number of alkyl halides is 1. The van der Waals surface area contributed by atoms with Crippen LogP contribution in [0.1, 0.15) is 112 Å². The summed E-state index contributed by atoms with van der Waals surface area (Å²) < 4.78 is 67.8. The quantitative estimate of drug-likeness (QED) is 0.0593. The summed E-state index contributed by atoms with van der Waals surface area (Å²) in [5.41, 5.74) is 1.15. The molecule has 0 radical (unpaired) electrons. The SMILES string of the molecule is CC(C)c1ccccc1[C@@H]1CCCN1C1CC2(CCN(c3ccc(C(=O)NS(=O)(=O)c4cc([N+](=O)[O-])c(NCC5(F)CCN(C6CC(=O)C6)CC5)c5[nH]cnc45)c(Oc4cnc5[nH]cc(F)c5c4)c3)CC2)C1. The van der Waals surface area contributed by atoms with Crippen molar-refractivity contribution in [2.24, 2.45) is 5.41 Å². The van der Waals surface area contributed by atoms with Crippen molar-refractivity contribution >= 4 is 60.8 Å². The number of nitro groups is 1. The zero-order valence-corrected chi connectivity index (χ0v) is 41.1. The highest BCUT2D eigenvalue weighted by molar-refractivity contribution is 7.90. The van der Waals surface area contributed by atoms with Crippen molar-refractivity contribution in [3.8, 4) is 11.5 Å². The molecule has 3 aliphatic heterocycles. The molecule has 11 rings (SSSR count). The highest BCUT2D eigenvalue weighted by Gasteiger charge is 2.50. The zero-order chi connectivity index (χ0) is 50.1. The van der Waals surface area contributed by atoms with Crippen LogP contribution in [0.3, 0.4) is 0 Å². The van der Waals surface area contributed by atoms with Gasteiger partial charge in [-0.1, -0.05) is 38.1 Å². The Labute approximate surface area is 415 Å². The second-order valence-electron chi connectivity index (χ2n) is 20.9. The lowest BCUT2D eigenvalue weighted by atomic mass is 9.59. The van der Waals surface area contributed by atoms with Crippen molar-refractivity contribution in [3.63, 3.8) is 0 Å². The number of likely N-dealkylation sites (tertiary alicyclic amines) is 2. The maximum atomic E-state index is 16.2. The fourth-order valence-electron chi connectivity index (χ4n) is 12.1. The van der Waals surface area contributed by atoms with E-state index in [0.717, 1.165) is 63.4 Å². The van der Waals surface area contributed by atoms with Crippen LogP contribution in [-0.4, -0.2) is 112 Å². The largest absolute Gasteiger partial charge is 0.455 e. The Morgan fingerprint density at radius 1 is 0.986 bits per heavy atom. The van der Waals surface area contributed by atoms with Crippen LogP contribution >= 0.6 is 0 Å². The fourth-order valence-corrected chi connectivity index (χ4v) is 13.2. The number of hydrogen-bond acceptors (Lipinski definition) is 13. The van der Waals surface area contributed by atoms with Crippen LogP contribution in [0.25, 0.3) is 22.1 Å². The summed E-state index contributed by atoms with van der Waals surface area (Å²) in [4.78, 5) is 58.0. The number of benzene rings is 3. The Morgan fingerprint density at radius 2 is 1.75 bits per heavy atom. The molecular weight excluding hydrogens is 947 g/mol. The van der Waals surface area contributed by atoms with Gasteiger partial charge in [0, 0.05) is 87.7 Å². The lowest BCUT2D eigenvalue weighted by molar-refractivity contribution is -0.384. The molecule has 1 spiro atoms. The minimum Gasteiger partial charge on any atom is -0.455 e. The smallest absolute Gasteiger partial charge is 0.296 e. The summed E-state index contributed by atoms with van der Waals surface area (Å²) in [5.74, 6) is -0.941. The maximum Gasteiger partial charge on any atom is 0.296 e. The summed E-state index contributed by atoms with van der Waals surface area (Å²) >= 11 is 0. The first-order valence-corrected chi connectivity index (χ1v) is 26.5. The molecule has 3 aromatic carbocycles. The van der Waals surface area contributed by atoms with Crippen molar-refractivity contribution in [2.45, 2.75) is 113 Å². The average Bonchev–Trinajstić information content (AvgIpc) is 4.12. The summed E-state index contributed by atoms with van der Waals surface area (Å²) in [7, 11) is -4.89. The molecule has 0 bridgehead atoms. The third-order valence-electron chi connectivity index (χ3n) is 16.2. The Hall–Kier alpha value is -6.51. The van der Waals surface area contributed by atoms with Crippen molar-refractivity contribution in [2.75, 3.05) is 49.5 Å². The number of amides is 1. The van der Waals surface area contributed by atoms with Crippen molar-refractivity contribution in [1.29, 1.82) is 0 Å². The van der Waals surface area contributed by atoms with Crippen LogP contribution in [0, 0.1) is 21.3 Å². The number of aromatic amines is 2. The van der Waals surface area contributed by atoms with E-state index in [9.17, 15) is 32.5 Å². The van der Waals surface area contributed by atoms with E-state index >= 15 is 4.39 Å². The molecule has 0 unspecified atom stereocenters. The van der Waals surface area contributed by atoms with E-state index in [-0.39, 0.29) is 81.4 Å². The van der Waals surface area contributed by atoms with Gasteiger partial charge in [0.15, 0.2) is 0 Å². The number of nitrogens with zero attached hydrogens (tertiary/aromatic N) is 6. The first kappa shape index (κ1) is 47.8. The minimum atomic E-state index is -4.89. The van der Waals surface area contributed by atoms with Gasteiger partial charge in [-0.3, -0.25) is 29.5 Å². The highest BCUT2D eigenvalue weighted by atomic mass is 32.2. The molecular formula is C52H58F2N10O7S. The molecule has 6 aromatic rings. The molecule has 2 aliphatic carbocycles.